The predicted octanol–water partition coefficient (Wildman–Crippen LogP) is 4.80. The van der Waals surface area contributed by atoms with Gasteiger partial charge >= 0.3 is 0 Å². The normalized spacial score (nSPS) is 18.7. The minimum absolute atomic E-state index is 0.0491. The first-order valence-electron chi connectivity index (χ1n) is 10.9. The summed E-state index contributed by atoms with van der Waals surface area (Å²) in [5.74, 6) is 1.63. The molecule has 1 aliphatic heterocycles. The third-order valence-corrected chi connectivity index (χ3v) is 8.21. The van der Waals surface area contributed by atoms with E-state index < -0.39 is 15.8 Å². The fourth-order valence-electron chi connectivity index (χ4n) is 3.76. The topological polar surface area (TPSA) is 117 Å². The Morgan fingerprint density at radius 3 is 2.67 bits per heavy atom. The summed E-state index contributed by atoms with van der Waals surface area (Å²) >= 11 is 7.20. The Hall–Kier alpha value is -2.08. The number of allylic oxidation sites excluding steroid dienone is 1. The van der Waals surface area contributed by atoms with E-state index in [0.717, 1.165) is 23.9 Å². The summed E-state index contributed by atoms with van der Waals surface area (Å²) in [6.07, 6.45) is 3.84. The Morgan fingerprint density at radius 1 is 1.27 bits per heavy atom. The van der Waals surface area contributed by atoms with E-state index in [4.69, 9.17) is 16.3 Å². The van der Waals surface area contributed by atoms with Gasteiger partial charge in [-0.2, -0.15) is 13.1 Å². The minimum Gasteiger partial charge on any atom is -0.504 e. The molecule has 0 spiro atoms. The number of halogens is 1. The van der Waals surface area contributed by atoms with Crippen LogP contribution in [0.1, 0.15) is 40.5 Å². The summed E-state index contributed by atoms with van der Waals surface area (Å²) in [6, 6.07) is 2.94. The maximum Gasteiger partial charge on any atom is 0.248 e. The molecule has 9 nitrogen and oxygen atoms in total. The standard InChI is InChI=1S/C21H30ClN5O4S2/c1-5-9-27(6-2)33(29,30)19-16(22)7-8-17(18(19)28)24-21-20(25-32-26-21)23-12-15-11-13(3)10-14(4)31-15/h7-8,11,13-14,28H,5-6,9-10,12H2,1-4H3,(H,23,25)(H,24,26). The van der Waals surface area contributed by atoms with Crippen LogP contribution in [-0.2, 0) is 14.8 Å². The Kier molecular flexibility index (Phi) is 8.43. The Bertz CT molecular complexity index is 1110. The molecule has 0 amide bonds. The van der Waals surface area contributed by atoms with Gasteiger partial charge in [-0.25, -0.2) is 8.42 Å². The molecule has 2 atom stereocenters. The molecule has 182 valence electrons. The number of anilines is 3. The van der Waals surface area contributed by atoms with E-state index in [0.29, 0.717) is 37.1 Å². The highest BCUT2D eigenvalue weighted by molar-refractivity contribution is 7.89. The van der Waals surface area contributed by atoms with Gasteiger partial charge in [-0.1, -0.05) is 32.4 Å². The van der Waals surface area contributed by atoms with Gasteiger partial charge in [-0.05, 0) is 43.9 Å². The van der Waals surface area contributed by atoms with E-state index in [1.165, 1.54) is 16.4 Å². The lowest BCUT2D eigenvalue weighted by Crippen LogP contribution is -2.32. The lowest BCUT2D eigenvalue weighted by Gasteiger charge is -2.25. The highest BCUT2D eigenvalue weighted by Crippen LogP contribution is 2.40. The van der Waals surface area contributed by atoms with Gasteiger partial charge < -0.3 is 20.5 Å². The van der Waals surface area contributed by atoms with Crippen LogP contribution in [-0.4, -0.2) is 52.3 Å². The van der Waals surface area contributed by atoms with Gasteiger partial charge in [0, 0.05) is 13.1 Å². The summed E-state index contributed by atoms with van der Waals surface area (Å²) in [5.41, 5.74) is 0.164. The smallest absolute Gasteiger partial charge is 0.248 e. The predicted molar refractivity (Wildman–Crippen MR) is 132 cm³/mol. The number of phenolic OH excluding ortho intramolecular Hbond substituents is 1. The summed E-state index contributed by atoms with van der Waals surface area (Å²) in [5, 5.41) is 17.0. The van der Waals surface area contributed by atoms with Crippen LogP contribution < -0.4 is 10.6 Å². The zero-order valence-corrected chi connectivity index (χ0v) is 21.5. The average molecular weight is 516 g/mol. The van der Waals surface area contributed by atoms with E-state index >= 15 is 0 Å². The number of phenols is 1. The van der Waals surface area contributed by atoms with Crippen molar-refractivity contribution >= 4 is 50.7 Å². The molecular formula is C21H30ClN5O4S2. The maximum atomic E-state index is 13.1. The number of hydrogen-bond donors (Lipinski definition) is 3. The Balaban J connectivity index is 1.83. The fraction of sp³-hybridized carbons (Fsp3) is 0.524. The molecule has 0 fully saturated rings. The number of ether oxygens (including phenoxy) is 1. The molecule has 1 aromatic heterocycles. The molecule has 0 aliphatic carbocycles. The third-order valence-electron chi connectivity index (χ3n) is 5.21. The van der Waals surface area contributed by atoms with Crippen molar-refractivity contribution in [3.63, 3.8) is 0 Å². The molecule has 1 aromatic carbocycles. The molecule has 12 heteroatoms. The van der Waals surface area contributed by atoms with Crippen molar-refractivity contribution in [3.05, 3.63) is 29.0 Å². The van der Waals surface area contributed by atoms with Gasteiger partial charge in [0.15, 0.2) is 17.4 Å². The molecule has 3 N–H and O–H groups in total. The second kappa shape index (κ2) is 10.9. The van der Waals surface area contributed by atoms with Gasteiger partial charge in [0.05, 0.1) is 35.1 Å². The van der Waals surface area contributed by atoms with Crippen LogP contribution >= 0.6 is 23.3 Å². The van der Waals surface area contributed by atoms with E-state index in [2.05, 4.69) is 32.4 Å². The average Bonchev–Trinajstić information content (AvgIpc) is 3.18. The van der Waals surface area contributed by atoms with Gasteiger partial charge in [0.1, 0.15) is 10.7 Å². The van der Waals surface area contributed by atoms with Crippen molar-refractivity contribution in [1.29, 1.82) is 0 Å². The van der Waals surface area contributed by atoms with Crippen molar-refractivity contribution in [3.8, 4) is 5.75 Å². The lowest BCUT2D eigenvalue weighted by molar-refractivity contribution is 0.0960. The quantitative estimate of drug-likeness (QED) is 0.386. The highest BCUT2D eigenvalue weighted by Gasteiger charge is 2.30. The van der Waals surface area contributed by atoms with Crippen LogP contribution in [0.3, 0.4) is 0 Å². The Labute approximate surface area is 204 Å². The van der Waals surface area contributed by atoms with E-state index in [9.17, 15) is 13.5 Å². The number of aromatic hydroxyl groups is 1. The zero-order valence-electron chi connectivity index (χ0n) is 19.1. The van der Waals surface area contributed by atoms with Gasteiger partial charge in [-0.3, -0.25) is 0 Å². The first-order valence-corrected chi connectivity index (χ1v) is 13.4. The SMILES string of the molecule is CCCN(CC)S(=O)(=O)c1c(Cl)ccc(Nc2nsnc2NCC2=CC(C)CC(C)O2)c1O. The lowest BCUT2D eigenvalue weighted by atomic mass is 10.0. The number of nitrogens with one attached hydrogen (secondary N) is 2. The number of aromatic nitrogens is 2. The van der Waals surface area contributed by atoms with E-state index in [1.807, 2.05) is 13.8 Å². The van der Waals surface area contributed by atoms with Crippen LogP contribution in [0, 0.1) is 5.92 Å². The molecule has 0 saturated heterocycles. The molecule has 2 heterocycles. The van der Waals surface area contributed by atoms with Crippen LogP contribution in [0.4, 0.5) is 17.3 Å². The second-order valence-electron chi connectivity index (χ2n) is 7.98. The summed E-state index contributed by atoms with van der Waals surface area (Å²) < 4.78 is 41.9. The van der Waals surface area contributed by atoms with Gasteiger partial charge in [-0.15, -0.1) is 0 Å². The molecule has 2 unspecified atom stereocenters. The summed E-state index contributed by atoms with van der Waals surface area (Å²) in [4.78, 5) is -0.328. The number of rotatable bonds is 10. The van der Waals surface area contributed by atoms with Crippen LogP contribution in [0.5, 0.6) is 5.75 Å². The summed E-state index contributed by atoms with van der Waals surface area (Å²) in [6.45, 7) is 8.84. The molecule has 0 saturated carbocycles. The molecule has 3 rings (SSSR count). The zero-order chi connectivity index (χ0) is 24.2. The van der Waals surface area contributed by atoms with Crippen molar-refractivity contribution in [2.75, 3.05) is 30.3 Å². The second-order valence-corrected chi connectivity index (χ2v) is 10.8. The molecule has 0 bridgehead atoms. The monoisotopic (exact) mass is 515 g/mol. The molecule has 1 aliphatic rings. The van der Waals surface area contributed by atoms with Crippen molar-refractivity contribution < 1.29 is 18.3 Å². The van der Waals surface area contributed by atoms with Crippen LogP contribution in [0.25, 0.3) is 0 Å². The molecule has 2 aromatic rings. The summed E-state index contributed by atoms with van der Waals surface area (Å²) in [7, 11) is -3.98. The van der Waals surface area contributed by atoms with Gasteiger partial charge in [0.2, 0.25) is 10.0 Å². The molecule has 33 heavy (non-hydrogen) atoms. The van der Waals surface area contributed by atoms with Crippen molar-refractivity contribution in [1.82, 2.24) is 13.1 Å². The molecular weight excluding hydrogens is 486 g/mol. The van der Waals surface area contributed by atoms with Crippen LogP contribution in [0.2, 0.25) is 5.02 Å². The first kappa shape index (κ1) is 25.5. The highest BCUT2D eigenvalue weighted by atomic mass is 35.5. The number of hydrogen-bond acceptors (Lipinski definition) is 9. The largest absolute Gasteiger partial charge is 0.504 e. The number of sulfonamides is 1. The van der Waals surface area contributed by atoms with Crippen molar-refractivity contribution in [2.24, 2.45) is 5.92 Å². The van der Waals surface area contributed by atoms with Crippen LogP contribution in [0.15, 0.2) is 28.9 Å². The third kappa shape index (κ3) is 5.89. The Morgan fingerprint density at radius 2 is 2.00 bits per heavy atom. The maximum absolute atomic E-state index is 13.1. The minimum atomic E-state index is -3.98. The van der Waals surface area contributed by atoms with E-state index in [-0.39, 0.29) is 28.3 Å². The first-order chi connectivity index (χ1) is 15.7. The van der Waals surface area contributed by atoms with E-state index in [1.54, 1.807) is 6.92 Å². The van der Waals surface area contributed by atoms with Crippen molar-refractivity contribution in [2.45, 2.75) is 51.5 Å². The number of nitrogens with zero attached hydrogens (tertiary/aromatic N) is 3. The fourth-order valence-corrected chi connectivity index (χ4v) is 6.38. The molecule has 0 radical (unpaired) electrons. The van der Waals surface area contributed by atoms with Gasteiger partial charge in [0.25, 0.3) is 0 Å². The number of benzene rings is 1.